The lowest BCUT2D eigenvalue weighted by molar-refractivity contribution is 0.0951. The van der Waals surface area contributed by atoms with Crippen LogP contribution in [0.4, 0.5) is 8.78 Å². The number of amides is 1. The van der Waals surface area contributed by atoms with Crippen LogP contribution in [-0.4, -0.2) is 15.5 Å². The second-order valence-electron chi connectivity index (χ2n) is 8.33. The van der Waals surface area contributed by atoms with Gasteiger partial charge in [0, 0.05) is 17.6 Å². The van der Waals surface area contributed by atoms with E-state index in [1.54, 1.807) is 31.2 Å². The van der Waals surface area contributed by atoms with E-state index in [1.807, 2.05) is 0 Å². The van der Waals surface area contributed by atoms with Gasteiger partial charge in [-0.15, -0.1) is 0 Å². The van der Waals surface area contributed by atoms with E-state index in [0.717, 1.165) is 0 Å². The predicted octanol–water partition coefficient (Wildman–Crippen LogP) is 6.23. The van der Waals surface area contributed by atoms with Crippen molar-refractivity contribution in [3.05, 3.63) is 104 Å². The van der Waals surface area contributed by atoms with Crippen LogP contribution in [0.5, 0.6) is 0 Å². The molecule has 2 aromatic heterocycles. The number of nitrogens with zero attached hydrogens (tertiary/aromatic N) is 2. The highest BCUT2D eigenvalue weighted by atomic mass is 79.9. The summed E-state index contributed by atoms with van der Waals surface area (Å²) in [5, 5.41) is 2.76. The first-order valence-electron chi connectivity index (χ1n) is 11.3. The van der Waals surface area contributed by atoms with Crippen molar-refractivity contribution in [1.82, 2.24) is 14.9 Å². The Morgan fingerprint density at radius 1 is 1.06 bits per heavy atom. The zero-order valence-electron chi connectivity index (χ0n) is 19.2. The minimum atomic E-state index is -0.722. The van der Waals surface area contributed by atoms with Crippen LogP contribution in [-0.2, 0) is 6.54 Å². The molecule has 5 nitrogen and oxygen atoms in total. The molecule has 5 rings (SSSR count). The number of benzene rings is 2. The van der Waals surface area contributed by atoms with Gasteiger partial charge in [0.05, 0.1) is 22.8 Å². The molecule has 0 spiro atoms. The lowest BCUT2D eigenvalue weighted by Crippen LogP contribution is -2.30. The average molecular weight is 540 g/mol. The standard InChI is InChI=1S/C23H16BrF2N3O2.C4H8/c1-13-20(22(30)28-11-14-4-2-5-15(25)10-14)17-6-3-7-18(26)21(17)23(31)29(13)16-8-9-19(24)27-12-16;1-2-4-3-1/h2-10,12H,11H2,1H3,(H,28,30);1-4H2. The van der Waals surface area contributed by atoms with Gasteiger partial charge >= 0.3 is 0 Å². The zero-order chi connectivity index (χ0) is 24.9. The van der Waals surface area contributed by atoms with E-state index in [0.29, 0.717) is 21.5 Å². The maximum atomic E-state index is 14.7. The molecule has 4 aromatic rings. The second kappa shape index (κ2) is 10.9. The molecule has 1 aliphatic rings. The van der Waals surface area contributed by atoms with Crippen molar-refractivity contribution < 1.29 is 13.6 Å². The van der Waals surface area contributed by atoms with Crippen LogP contribution in [0.3, 0.4) is 0 Å². The average Bonchev–Trinajstić information content (AvgIpc) is 2.78. The number of hydrogen-bond donors (Lipinski definition) is 1. The Morgan fingerprint density at radius 3 is 2.40 bits per heavy atom. The molecule has 1 amide bonds. The highest BCUT2D eigenvalue weighted by Gasteiger charge is 2.22. The van der Waals surface area contributed by atoms with Crippen molar-refractivity contribution in [3.63, 3.8) is 0 Å². The number of pyridine rings is 2. The number of carbonyl (C=O) groups is 1. The Hall–Kier alpha value is -3.39. The fourth-order valence-corrected chi connectivity index (χ4v) is 4.02. The smallest absolute Gasteiger partial charge is 0.266 e. The van der Waals surface area contributed by atoms with Crippen molar-refractivity contribution in [3.8, 4) is 5.69 Å². The van der Waals surface area contributed by atoms with E-state index < -0.39 is 23.1 Å². The van der Waals surface area contributed by atoms with Gasteiger partial charge in [0.25, 0.3) is 11.5 Å². The summed E-state index contributed by atoms with van der Waals surface area (Å²) < 4.78 is 29.9. The number of hydrogen-bond acceptors (Lipinski definition) is 3. The molecule has 2 heterocycles. The van der Waals surface area contributed by atoms with Crippen molar-refractivity contribution in [2.75, 3.05) is 0 Å². The molecular formula is C27H24BrF2N3O2. The molecule has 0 atom stereocenters. The van der Waals surface area contributed by atoms with E-state index >= 15 is 0 Å². The molecule has 1 N–H and O–H groups in total. The summed E-state index contributed by atoms with van der Waals surface area (Å²) in [6.07, 6.45) is 7.46. The predicted molar refractivity (Wildman–Crippen MR) is 136 cm³/mol. The van der Waals surface area contributed by atoms with Crippen molar-refractivity contribution in [2.45, 2.75) is 39.2 Å². The third kappa shape index (κ3) is 5.48. The van der Waals surface area contributed by atoms with Gasteiger partial charge in [0.1, 0.15) is 16.2 Å². The number of rotatable bonds is 4. The largest absolute Gasteiger partial charge is 0.348 e. The summed E-state index contributed by atoms with van der Waals surface area (Å²) in [6.45, 7) is 1.69. The topological polar surface area (TPSA) is 64.0 Å². The number of fused-ring (bicyclic) bond motifs is 1. The Morgan fingerprint density at radius 2 is 1.77 bits per heavy atom. The van der Waals surface area contributed by atoms with Crippen LogP contribution < -0.4 is 10.9 Å². The van der Waals surface area contributed by atoms with Crippen LogP contribution in [0.2, 0.25) is 0 Å². The molecule has 35 heavy (non-hydrogen) atoms. The highest BCUT2D eigenvalue weighted by Crippen LogP contribution is 2.24. The van der Waals surface area contributed by atoms with Crippen molar-refractivity contribution >= 4 is 32.6 Å². The van der Waals surface area contributed by atoms with Gasteiger partial charge in [0.2, 0.25) is 0 Å². The molecule has 1 saturated carbocycles. The molecule has 1 aliphatic carbocycles. The Bertz CT molecular complexity index is 1430. The normalized spacial score (nSPS) is 12.5. The maximum absolute atomic E-state index is 14.7. The molecule has 2 aromatic carbocycles. The van der Waals surface area contributed by atoms with Gasteiger partial charge in [-0.1, -0.05) is 49.9 Å². The van der Waals surface area contributed by atoms with Crippen LogP contribution in [0.25, 0.3) is 16.5 Å². The van der Waals surface area contributed by atoms with Crippen molar-refractivity contribution in [2.24, 2.45) is 0 Å². The molecule has 0 aliphatic heterocycles. The lowest BCUT2D eigenvalue weighted by Gasteiger charge is -2.17. The van der Waals surface area contributed by atoms with Gasteiger partial charge in [0.15, 0.2) is 0 Å². The highest BCUT2D eigenvalue weighted by molar-refractivity contribution is 9.10. The van der Waals surface area contributed by atoms with Crippen molar-refractivity contribution in [1.29, 1.82) is 0 Å². The Kier molecular flexibility index (Phi) is 7.70. The third-order valence-corrected chi connectivity index (χ3v) is 6.41. The molecule has 8 heteroatoms. The molecule has 180 valence electrons. The van der Waals surface area contributed by atoms with E-state index in [2.05, 4.69) is 26.2 Å². The van der Waals surface area contributed by atoms with E-state index in [9.17, 15) is 18.4 Å². The van der Waals surface area contributed by atoms with E-state index in [1.165, 1.54) is 66.8 Å². The fraction of sp³-hybridized carbons (Fsp3) is 0.222. The first-order valence-corrected chi connectivity index (χ1v) is 12.1. The number of halogens is 3. The quantitative estimate of drug-likeness (QED) is 0.313. The van der Waals surface area contributed by atoms with Crippen LogP contribution in [0.1, 0.15) is 47.3 Å². The third-order valence-electron chi connectivity index (χ3n) is 5.94. The number of nitrogens with one attached hydrogen (secondary N) is 1. The summed E-state index contributed by atoms with van der Waals surface area (Å²) >= 11 is 3.24. The van der Waals surface area contributed by atoms with Gasteiger partial charge in [-0.2, -0.15) is 0 Å². The lowest BCUT2D eigenvalue weighted by atomic mass is 10.0. The molecule has 0 unspecified atom stereocenters. The van der Waals surface area contributed by atoms with E-state index in [-0.39, 0.29) is 22.9 Å². The molecule has 0 radical (unpaired) electrons. The SMILES string of the molecule is C1CCC1.Cc1c(C(=O)NCc2cccc(F)c2)c2cccc(F)c2c(=O)n1-c1ccc(Br)nc1. The number of carbonyl (C=O) groups excluding carboxylic acids is 1. The minimum Gasteiger partial charge on any atom is -0.348 e. The number of aromatic nitrogens is 2. The Labute approximate surface area is 210 Å². The van der Waals surface area contributed by atoms with Gasteiger partial charge in [-0.25, -0.2) is 13.8 Å². The molecular weight excluding hydrogens is 516 g/mol. The zero-order valence-corrected chi connectivity index (χ0v) is 20.7. The first-order chi connectivity index (χ1) is 16.9. The monoisotopic (exact) mass is 539 g/mol. The summed E-state index contributed by atoms with van der Waals surface area (Å²) in [4.78, 5) is 30.4. The fourth-order valence-electron chi connectivity index (χ4n) is 3.79. The second-order valence-corrected chi connectivity index (χ2v) is 9.14. The summed E-state index contributed by atoms with van der Waals surface area (Å²) in [5.74, 6) is -1.64. The van der Waals surface area contributed by atoms with Gasteiger partial charge in [-0.3, -0.25) is 14.2 Å². The molecule has 0 saturated heterocycles. The van der Waals surface area contributed by atoms with Gasteiger partial charge in [-0.05, 0) is 58.7 Å². The molecule has 0 bridgehead atoms. The van der Waals surface area contributed by atoms with Crippen LogP contribution >= 0.6 is 15.9 Å². The minimum absolute atomic E-state index is 0.0752. The Balaban J connectivity index is 0.000000656. The first kappa shape index (κ1) is 24.7. The summed E-state index contributed by atoms with van der Waals surface area (Å²) in [6, 6.07) is 13.3. The molecule has 1 fully saturated rings. The van der Waals surface area contributed by atoms with E-state index in [4.69, 9.17) is 0 Å². The summed E-state index contributed by atoms with van der Waals surface area (Å²) in [5.41, 5.74) is 0.885. The van der Waals surface area contributed by atoms with Gasteiger partial charge < -0.3 is 5.32 Å². The summed E-state index contributed by atoms with van der Waals surface area (Å²) in [7, 11) is 0. The van der Waals surface area contributed by atoms with Crippen LogP contribution in [0.15, 0.2) is 70.2 Å². The maximum Gasteiger partial charge on any atom is 0.266 e. The van der Waals surface area contributed by atoms with Crippen LogP contribution in [0, 0.1) is 18.6 Å².